The van der Waals surface area contributed by atoms with Crippen LogP contribution in [-0.2, 0) is 13.9 Å². The molecule has 1 fully saturated rings. The van der Waals surface area contributed by atoms with Crippen molar-refractivity contribution in [1.82, 2.24) is 0 Å². The summed E-state index contributed by atoms with van der Waals surface area (Å²) in [6, 6.07) is 3.29. The van der Waals surface area contributed by atoms with Gasteiger partial charge in [-0.1, -0.05) is 36.7 Å². The van der Waals surface area contributed by atoms with E-state index in [2.05, 4.69) is 36.7 Å². The van der Waals surface area contributed by atoms with Gasteiger partial charge in [0.1, 0.15) is 0 Å². The van der Waals surface area contributed by atoms with E-state index in [0.717, 1.165) is 18.1 Å². The number of hydrogen-bond acceptors (Lipinski definition) is 4. The highest BCUT2D eigenvalue weighted by Gasteiger charge is 2.38. The lowest BCUT2D eigenvalue weighted by Gasteiger charge is -2.29. The molecule has 0 N–H and O–H groups in total. The molecule has 2 unspecified atom stereocenters. The van der Waals surface area contributed by atoms with Crippen LogP contribution in [0.2, 0.25) is 18.1 Å². The predicted octanol–water partition coefficient (Wildman–Crippen LogP) is 3.31. The topological polar surface area (TPSA) is 44.8 Å². The van der Waals surface area contributed by atoms with E-state index in [1.807, 2.05) is 0 Å². The fraction of sp³-hybridized carbons (Fsp3) is 0.909. The molecule has 1 heterocycles. The Morgan fingerprint density at radius 1 is 1.18 bits per heavy atom. The van der Waals surface area contributed by atoms with Gasteiger partial charge in [0.15, 0.2) is 20.5 Å². The average molecular weight is 325 g/mol. The van der Waals surface area contributed by atoms with E-state index in [9.17, 15) is 4.79 Å². The van der Waals surface area contributed by atoms with Gasteiger partial charge < -0.3 is 13.9 Å². The quantitative estimate of drug-likeness (QED) is 0.409. The zero-order chi connectivity index (χ0) is 12.9. The number of hydrogen-bond donors (Lipinski definition) is 0. The lowest BCUT2D eigenvalue weighted by molar-refractivity contribution is 0.0908. The minimum Gasteiger partial charge on any atom is -0.426 e. The second kappa shape index (κ2) is 6.75. The first kappa shape index (κ1) is 15.0. The van der Waals surface area contributed by atoms with Crippen LogP contribution >= 0.6 is 15.9 Å². The van der Waals surface area contributed by atoms with E-state index >= 15 is 0 Å². The standard InChI is InChI=1S/C11H21BrO4Si/c1-4-17(5-2,6-3)14-8-10-9(7-12)15-11(13)16-10/h9-10H,4-8H2,1-3H3. The maximum Gasteiger partial charge on any atom is 0.509 e. The first-order valence-corrected chi connectivity index (χ1v) is 9.83. The molecule has 6 heteroatoms. The van der Waals surface area contributed by atoms with Gasteiger partial charge in [0.2, 0.25) is 0 Å². The number of cyclic esters (lactones) is 2. The Balaban J connectivity index is 2.51. The summed E-state index contributed by atoms with van der Waals surface area (Å²) in [6.45, 7) is 7.00. The molecule has 1 aliphatic heterocycles. The molecule has 0 aromatic carbocycles. The molecule has 0 radical (unpaired) electrons. The smallest absolute Gasteiger partial charge is 0.426 e. The third-order valence-corrected chi connectivity index (χ3v) is 8.83. The minimum absolute atomic E-state index is 0.222. The molecular weight excluding hydrogens is 304 g/mol. The van der Waals surface area contributed by atoms with E-state index < -0.39 is 14.5 Å². The highest BCUT2D eigenvalue weighted by molar-refractivity contribution is 9.09. The van der Waals surface area contributed by atoms with Gasteiger partial charge in [0.05, 0.1) is 6.61 Å². The van der Waals surface area contributed by atoms with Crippen molar-refractivity contribution in [2.75, 3.05) is 11.9 Å². The second-order valence-electron chi connectivity index (χ2n) is 4.27. The summed E-state index contributed by atoms with van der Waals surface area (Å²) in [7, 11) is -1.61. The number of carbonyl (C=O) groups excluding carboxylic acids is 1. The van der Waals surface area contributed by atoms with Gasteiger partial charge in [0, 0.05) is 5.33 Å². The van der Waals surface area contributed by atoms with Crippen LogP contribution in [0.5, 0.6) is 0 Å². The molecule has 0 saturated carbocycles. The van der Waals surface area contributed by atoms with Crippen LogP contribution in [-0.4, -0.2) is 38.6 Å². The third kappa shape index (κ3) is 3.69. The molecule has 0 bridgehead atoms. The largest absolute Gasteiger partial charge is 0.509 e. The molecular formula is C11H21BrO4Si. The van der Waals surface area contributed by atoms with Gasteiger partial charge >= 0.3 is 6.16 Å². The van der Waals surface area contributed by atoms with Crippen LogP contribution in [0.1, 0.15) is 20.8 Å². The van der Waals surface area contributed by atoms with Crippen molar-refractivity contribution < 1.29 is 18.7 Å². The summed E-state index contributed by atoms with van der Waals surface area (Å²) in [5.41, 5.74) is 0. The van der Waals surface area contributed by atoms with E-state index in [4.69, 9.17) is 13.9 Å². The van der Waals surface area contributed by atoms with Gasteiger partial charge in [-0.3, -0.25) is 0 Å². The van der Waals surface area contributed by atoms with Crippen molar-refractivity contribution in [3.8, 4) is 0 Å². The first-order valence-electron chi connectivity index (χ1n) is 6.18. The lowest BCUT2D eigenvalue weighted by atomic mass is 10.2. The van der Waals surface area contributed by atoms with Crippen LogP contribution in [0, 0.1) is 0 Å². The monoisotopic (exact) mass is 324 g/mol. The number of ether oxygens (including phenoxy) is 2. The fourth-order valence-corrected chi connectivity index (χ4v) is 5.19. The zero-order valence-electron chi connectivity index (χ0n) is 10.7. The van der Waals surface area contributed by atoms with Gasteiger partial charge in [-0.15, -0.1) is 0 Å². The van der Waals surface area contributed by atoms with Crippen LogP contribution in [0.4, 0.5) is 4.79 Å². The van der Waals surface area contributed by atoms with Gasteiger partial charge in [-0.2, -0.15) is 0 Å². The van der Waals surface area contributed by atoms with E-state index in [1.165, 1.54) is 0 Å². The molecule has 4 nitrogen and oxygen atoms in total. The third-order valence-electron chi connectivity index (χ3n) is 3.55. The molecule has 1 saturated heterocycles. The lowest BCUT2D eigenvalue weighted by Crippen LogP contribution is -2.40. The van der Waals surface area contributed by atoms with Crippen molar-refractivity contribution in [3.05, 3.63) is 0 Å². The Hall–Kier alpha value is -0.0731. The van der Waals surface area contributed by atoms with E-state index in [0.29, 0.717) is 11.9 Å². The maximum absolute atomic E-state index is 11.0. The number of rotatable bonds is 7. The van der Waals surface area contributed by atoms with Crippen LogP contribution in [0.25, 0.3) is 0 Å². The summed E-state index contributed by atoms with van der Waals surface area (Å²) in [5, 5.41) is 0.589. The molecule has 2 atom stereocenters. The fourth-order valence-electron chi connectivity index (χ4n) is 2.01. The Morgan fingerprint density at radius 2 is 1.71 bits per heavy atom. The van der Waals surface area contributed by atoms with Crippen LogP contribution in [0.15, 0.2) is 0 Å². The van der Waals surface area contributed by atoms with Crippen molar-refractivity contribution in [2.24, 2.45) is 0 Å². The molecule has 1 rings (SSSR count). The molecule has 1 aliphatic rings. The number of carbonyl (C=O) groups is 1. The summed E-state index contributed by atoms with van der Waals surface area (Å²) in [4.78, 5) is 11.0. The molecule has 0 aromatic heterocycles. The van der Waals surface area contributed by atoms with Crippen molar-refractivity contribution in [1.29, 1.82) is 0 Å². The molecule has 0 spiro atoms. The van der Waals surface area contributed by atoms with Crippen LogP contribution < -0.4 is 0 Å². The number of alkyl halides is 1. The molecule has 17 heavy (non-hydrogen) atoms. The summed E-state index contributed by atoms with van der Waals surface area (Å²) in [6.07, 6.45) is -1.07. The Bertz CT molecular complexity index is 250. The number of halogens is 1. The second-order valence-corrected chi connectivity index (χ2v) is 9.70. The Kier molecular flexibility index (Phi) is 5.95. The van der Waals surface area contributed by atoms with Gasteiger partial charge in [-0.05, 0) is 18.1 Å². The highest BCUT2D eigenvalue weighted by atomic mass is 79.9. The molecule has 100 valence electrons. The zero-order valence-corrected chi connectivity index (χ0v) is 13.3. The molecule has 0 aliphatic carbocycles. The van der Waals surface area contributed by atoms with Crippen LogP contribution in [0.3, 0.4) is 0 Å². The van der Waals surface area contributed by atoms with Crippen molar-refractivity contribution >= 4 is 30.4 Å². The van der Waals surface area contributed by atoms with Crippen molar-refractivity contribution in [2.45, 2.75) is 51.1 Å². The maximum atomic E-state index is 11.0. The first-order chi connectivity index (χ1) is 8.10. The normalized spacial score (nSPS) is 24.6. The van der Waals surface area contributed by atoms with Gasteiger partial charge in [0.25, 0.3) is 0 Å². The Labute approximate surface area is 112 Å². The molecule has 0 amide bonds. The summed E-state index contributed by atoms with van der Waals surface area (Å²) in [5.74, 6) is 0. The summed E-state index contributed by atoms with van der Waals surface area (Å²) < 4.78 is 16.2. The SMILES string of the molecule is CC[Si](CC)(CC)OCC1OC(=O)OC1CBr. The Morgan fingerprint density at radius 3 is 2.18 bits per heavy atom. The molecule has 0 aromatic rings. The minimum atomic E-state index is -1.61. The average Bonchev–Trinajstić information content (AvgIpc) is 2.72. The summed E-state index contributed by atoms with van der Waals surface area (Å²) >= 11 is 3.31. The highest BCUT2D eigenvalue weighted by Crippen LogP contribution is 2.24. The van der Waals surface area contributed by atoms with E-state index in [-0.39, 0.29) is 12.2 Å². The predicted molar refractivity (Wildman–Crippen MR) is 72.1 cm³/mol. The van der Waals surface area contributed by atoms with E-state index in [1.54, 1.807) is 0 Å². The van der Waals surface area contributed by atoms with Crippen molar-refractivity contribution in [3.63, 3.8) is 0 Å². The van der Waals surface area contributed by atoms with Gasteiger partial charge in [-0.25, -0.2) is 4.79 Å².